The van der Waals surface area contributed by atoms with E-state index < -0.39 is 4.33 Å². The van der Waals surface area contributed by atoms with Gasteiger partial charge in [0.15, 0.2) is 5.82 Å². The minimum atomic E-state index is -0.730. The molecule has 1 fully saturated rings. The molecule has 1 unspecified atom stereocenters. The summed E-state index contributed by atoms with van der Waals surface area (Å²) in [5, 5.41) is 3.69. The number of hydrogen-bond acceptors (Lipinski definition) is 3. The molecule has 0 bridgehead atoms. The molecule has 1 aromatic heterocycles. The minimum absolute atomic E-state index is 0.350. The summed E-state index contributed by atoms with van der Waals surface area (Å²) in [7, 11) is 0. The fourth-order valence-electron chi connectivity index (χ4n) is 1.15. The van der Waals surface area contributed by atoms with Gasteiger partial charge in [-0.1, -0.05) is 5.16 Å². The quantitative estimate of drug-likeness (QED) is 0.662. The van der Waals surface area contributed by atoms with Crippen molar-refractivity contribution in [3.8, 4) is 0 Å². The van der Waals surface area contributed by atoms with E-state index in [4.69, 9.17) is 27.7 Å². The van der Waals surface area contributed by atoms with Gasteiger partial charge >= 0.3 is 0 Å². The Labute approximate surface area is 80.0 Å². The number of hydrogen-bond donors (Lipinski definition) is 0. The average molecular weight is 207 g/mol. The molecule has 1 heterocycles. The van der Waals surface area contributed by atoms with Crippen LogP contribution in [0, 0.1) is 6.92 Å². The van der Waals surface area contributed by atoms with Gasteiger partial charge in [-0.15, -0.1) is 23.2 Å². The fourth-order valence-corrected chi connectivity index (χ4v) is 1.85. The maximum atomic E-state index is 5.93. The van der Waals surface area contributed by atoms with Crippen LogP contribution in [-0.2, 0) is 5.41 Å². The van der Waals surface area contributed by atoms with E-state index in [9.17, 15) is 0 Å². The van der Waals surface area contributed by atoms with Crippen LogP contribution in [0.5, 0.6) is 0 Å². The van der Waals surface area contributed by atoms with Gasteiger partial charge in [-0.05, 0) is 20.3 Å². The molecule has 1 aromatic rings. The van der Waals surface area contributed by atoms with Gasteiger partial charge in [0.2, 0.25) is 5.89 Å². The Hall–Kier alpha value is -0.280. The third kappa shape index (κ3) is 0.962. The van der Waals surface area contributed by atoms with Crippen LogP contribution >= 0.6 is 23.2 Å². The lowest BCUT2D eigenvalue weighted by atomic mass is 10.1. The van der Waals surface area contributed by atoms with Crippen molar-refractivity contribution in [2.45, 2.75) is 30.0 Å². The van der Waals surface area contributed by atoms with Crippen LogP contribution in [0.2, 0.25) is 0 Å². The molecular formula is C7H8Cl2N2O. The molecule has 1 aliphatic carbocycles. The van der Waals surface area contributed by atoms with E-state index in [1.807, 2.05) is 6.92 Å². The Balaban J connectivity index is 2.34. The van der Waals surface area contributed by atoms with Crippen molar-refractivity contribution in [1.82, 2.24) is 10.1 Å². The SMILES string of the molecule is Cc1noc(C2(C)CC2(Cl)Cl)n1. The summed E-state index contributed by atoms with van der Waals surface area (Å²) < 4.78 is 4.27. The first-order valence-electron chi connectivity index (χ1n) is 3.64. The smallest absolute Gasteiger partial charge is 0.235 e. The van der Waals surface area contributed by atoms with Crippen molar-refractivity contribution in [3.05, 3.63) is 11.7 Å². The van der Waals surface area contributed by atoms with Crippen molar-refractivity contribution >= 4 is 23.2 Å². The predicted molar refractivity (Wildman–Crippen MR) is 45.4 cm³/mol. The van der Waals surface area contributed by atoms with Gasteiger partial charge in [-0.2, -0.15) is 4.98 Å². The zero-order valence-electron chi connectivity index (χ0n) is 6.77. The summed E-state index contributed by atoms with van der Waals surface area (Å²) in [6, 6.07) is 0. The highest BCUT2D eigenvalue weighted by atomic mass is 35.5. The van der Waals surface area contributed by atoms with Crippen molar-refractivity contribution in [1.29, 1.82) is 0 Å². The third-order valence-electron chi connectivity index (χ3n) is 2.26. The molecule has 5 heteroatoms. The number of alkyl halides is 2. The lowest BCUT2D eigenvalue weighted by molar-refractivity contribution is 0.349. The Morgan fingerprint density at radius 1 is 1.50 bits per heavy atom. The summed E-state index contributed by atoms with van der Waals surface area (Å²) in [5.74, 6) is 1.15. The first-order valence-corrected chi connectivity index (χ1v) is 4.40. The van der Waals surface area contributed by atoms with E-state index >= 15 is 0 Å². The second-order valence-corrected chi connectivity index (χ2v) is 4.84. The van der Waals surface area contributed by atoms with Crippen LogP contribution in [0.25, 0.3) is 0 Å². The first kappa shape index (κ1) is 8.32. The van der Waals surface area contributed by atoms with E-state index in [1.165, 1.54) is 0 Å². The van der Waals surface area contributed by atoms with Gasteiger partial charge in [0.1, 0.15) is 4.33 Å². The molecule has 3 nitrogen and oxygen atoms in total. The highest BCUT2D eigenvalue weighted by molar-refractivity contribution is 6.52. The van der Waals surface area contributed by atoms with E-state index in [-0.39, 0.29) is 5.41 Å². The lowest BCUT2D eigenvalue weighted by Gasteiger charge is -2.03. The number of aromatic nitrogens is 2. The zero-order valence-corrected chi connectivity index (χ0v) is 8.28. The Kier molecular flexibility index (Phi) is 1.49. The molecule has 0 N–H and O–H groups in total. The van der Waals surface area contributed by atoms with Crippen molar-refractivity contribution < 1.29 is 4.52 Å². The summed E-state index contributed by atoms with van der Waals surface area (Å²) in [5.41, 5.74) is -0.350. The summed E-state index contributed by atoms with van der Waals surface area (Å²) >= 11 is 11.9. The molecule has 0 radical (unpaired) electrons. The number of nitrogens with zero attached hydrogens (tertiary/aromatic N) is 2. The molecule has 1 saturated carbocycles. The first-order chi connectivity index (χ1) is 5.46. The van der Waals surface area contributed by atoms with Crippen LogP contribution in [0.3, 0.4) is 0 Å². The summed E-state index contributed by atoms with van der Waals surface area (Å²) in [6.07, 6.45) is 0.671. The van der Waals surface area contributed by atoms with Crippen LogP contribution in [0.1, 0.15) is 25.1 Å². The average Bonchev–Trinajstić information content (AvgIpc) is 2.37. The van der Waals surface area contributed by atoms with Crippen LogP contribution in [-0.4, -0.2) is 14.5 Å². The van der Waals surface area contributed by atoms with Gasteiger partial charge in [-0.3, -0.25) is 0 Å². The Bertz CT molecular complexity index is 323. The van der Waals surface area contributed by atoms with Crippen molar-refractivity contribution in [2.75, 3.05) is 0 Å². The largest absolute Gasteiger partial charge is 0.339 e. The second-order valence-electron chi connectivity index (χ2n) is 3.36. The van der Waals surface area contributed by atoms with Crippen LogP contribution in [0.15, 0.2) is 4.52 Å². The number of halogens is 2. The third-order valence-corrected chi connectivity index (χ3v) is 3.36. The Morgan fingerprint density at radius 2 is 2.08 bits per heavy atom. The van der Waals surface area contributed by atoms with Crippen LogP contribution in [0.4, 0.5) is 0 Å². The number of aryl methyl sites for hydroxylation is 1. The van der Waals surface area contributed by atoms with Gasteiger partial charge in [0, 0.05) is 0 Å². The highest BCUT2D eigenvalue weighted by Gasteiger charge is 2.67. The topological polar surface area (TPSA) is 38.9 Å². The zero-order chi connectivity index (χ0) is 8.98. The predicted octanol–water partition coefficient (Wildman–Crippen LogP) is 2.21. The Morgan fingerprint density at radius 3 is 2.42 bits per heavy atom. The molecule has 12 heavy (non-hydrogen) atoms. The van der Waals surface area contributed by atoms with Gasteiger partial charge in [-0.25, -0.2) is 0 Å². The van der Waals surface area contributed by atoms with E-state index in [1.54, 1.807) is 6.92 Å². The maximum absolute atomic E-state index is 5.93. The monoisotopic (exact) mass is 206 g/mol. The molecule has 0 amide bonds. The van der Waals surface area contributed by atoms with Gasteiger partial charge < -0.3 is 4.52 Å². The summed E-state index contributed by atoms with van der Waals surface area (Å²) in [4.78, 5) is 4.09. The molecular weight excluding hydrogens is 199 g/mol. The molecule has 1 aliphatic rings. The van der Waals surface area contributed by atoms with Crippen LogP contribution < -0.4 is 0 Å². The normalized spacial score (nSPS) is 32.0. The molecule has 1 atom stereocenters. The molecule has 0 aromatic carbocycles. The van der Waals surface area contributed by atoms with E-state index in [2.05, 4.69) is 10.1 Å². The lowest BCUT2D eigenvalue weighted by Crippen LogP contribution is -2.10. The molecule has 66 valence electrons. The highest BCUT2D eigenvalue weighted by Crippen LogP contribution is 2.63. The van der Waals surface area contributed by atoms with Crippen molar-refractivity contribution in [2.24, 2.45) is 0 Å². The minimum Gasteiger partial charge on any atom is -0.339 e. The maximum Gasteiger partial charge on any atom is 0.235 e. The van der Waals surface area contributed by atoms with Gasteiger partial charge in [0.05, 0.1) is 5.41 Å². The summed E-state index contributed by atoms with van der Waals surface area (Å²) in [6.45, 7) is 3.68. The standard InChI is InChI=1S/C7H8Cl2N2O/c1-4-10-5(12-11-4)6(2)3-7(6,8)9/h3H2,1-2H3. The number of rotatable bonds is 1. The van der Waals surface area contributed by atoms with E-state index in [0.29, 0.717) is 18.1 Å². The molecule has 2 rings (SSSR count). The van der Waals surface area contributed by atoms with Gasteiger partial charge in [0.25, 0.3) is 0 Å². The fraction of sp³-hybridized carbons (Fsp3) is 0.714. The van der Waals surface area contributed by atoms with Crippen molar-refractivity contribution in [3.63, 3.8) is 0 Å². The molecule has 0 spiro atoms. The molecule has 0 saturated heterocycles. The molecule has 0 aliphatic heterocycles. The van der Waals surface area contributed by atoms with E-state index in [0.717, 1.165) is 0 Å². The second kappa shape index (κ2) is 2.15.